The van der Waals surface area contributed by atoms with E-state index in [1.807, 2.05) is 12.1 Å². The fraction of sp³-hybridized carbons (Fsp3) is 0.478. The van der Waals surface area contributed by atoms with Crippen LogP contribution < -0.4 is 4.74 Å². The first-order chi connectivity index (χ1) is 15.4. The van der Waals surface area contributed by atoms with Crippen molar-refractivity contribution < 1.29 is 40.1 Å². The average molecular weight is 469 g/mol. The molecule has 32 heavy (non-hydrogen) atoms. The Balaban J connectivity index is 1.75. The standard InChI is InChI=1S/C23H29ClO8/c24-18-6-3-14(23-22(30)21(29)20(28)19(12-27)32-23)10-15(18)9-13-1-4-16(5-2-13)31-17(11-26)7-8-25/h1-6,10,17,19-23,25-30H,7-9,11-12H2/t17-,19+,20+,21-,22+,23-/m0/s1. The van der Waals surface area contributed by atoms with E-state index in [1.165, 1.54) is 0 Å². The molecule has 0 bridgehead atoms. The van der Waals surface area contributed by atoms with Crippen molar-refractivity contribution in [2.75, 3.05) is 19.8 Å². The van der Waals surface area contributed by atoms with Crippen LogP contribution in [0.1, 0.15) is 29.2 Å². The lowest BCUT2D eigenvalue weighted by atomic mass is 9.90. The van der Waals surface area contributed by atoms with Crippen LogP contribution in [0.25, 0.3) is 0 Å². The van der Waals surface area contributed by atoms with Gasteiger partial charge in [0.15, 0.2) is 0 Å². The van der Waals surface area contributed by atoms with E-state index in [4.69, 9.17) is 26.2 Å². The molecule has 176 valence electrons. The van der Waals surface area contributed by atoms with Gasteiger partial charge in [-0.1, -0.05) is 35.9 Å². The summed E-state index contributed by atoms with van der Waals surface area (Å²) in [5.41, 5.74) is 2.27. The summed E-state index contributed by atoms with van der Waals surface area (Å²) < 4.78 is 11.3. The number of hydrogen-bond acceptors (Lipinski definition) is 8. The fourth-order valence-corrected chi connectivity index (χ4v) is 3.90. The Morgan fingerprint density at radius 2 is 1.66 bits per heavy atom. The van der Waals surface area contributed by atoms with E-state index < -0.39 is 43.2 Å². The Bertz CT molecular complexity index is 860. The first kappa shape index (κ1) is 24.9. The van der Waals surface area contributed by atoms with Gasteiger partial charge in [-0.15, -0.1) is 0 Å². The predicted molar refractivity (Wildman–Crippen MR) is 117 cm³/mol. The summed E-state index contributed by atoms with van der Waals surface area (Å²) in [5, 5.41) is 58.7. The molecule has 0 amide bonds. The summed E-state index contributed by atoms with van der Waals surface area (Å²) in [6, 6.07) is 12.4. The monoisotopic (exact) mass is 468 g/mol. The summed E-state index contributed by atoms with van der Waals surface area (Å²) >= 11 is 6.37. The second-order valence-corrected chi connectivity index (χ2v) is 8.26. The van der Waals surface area contributed by atoms with Crippen LogP contribution in [0.3, 0.4) is 0 Å². The van der Waals surface area contributed by atoms with E-state index in [0.29, 0.717) is 29.2 Å². The number of aliphatic hydroxyl groups is 6. The highest BCUT2D eigenvalue weighted by Crippen LogP contribution is 2.34. The number of hydrogen-bond donors (Lipinski definition) is 6. The molecule has 0 saturated carbocycles. The van der Waals surface area contributed by atoms with Crippen molar-refractivity contribution in [3.63, 3.8) is 0 Å². The van der Waals surface area contributed by atoms with E-state index >= 15 is 0 Å². The zero-order valence-electron chi connectivity index (χ0n) is 17.4. The molecular formula is C23H29ClO8. The highest BCUT2D eigenvalue weighted by atomic mass is 35.5. The molecular weight excluding hydrogens is 440 g/mol. The van der Waals surface area contributed by atoms with Crippen LogP contribution in [0.4, 0.5) is 0 Å². The first-order valence-corrected chi connectivity index (χ1v) is 10.8. The summed E-state index contributed by atoms with van der Waals surface area (Å²) in [5.74, 6) is 0.572. The van der Waals surface area contributed by atoms with Gasteiger partial charge in [0.05, 0.1) is 13.2 Å². The molecule has 0 aliphatic carbocycles. The lowest BCUT2D eigenvalue weighted by Crippen LogP contribution is -2.55. The number of rotatable bonds is 9. The molecule has 3 rings (SSSR count). The van der Waals surface area contributed by atoms with Crippen LogP contribution in [-0.4, -0.2) is 81.0 Å². The van der Waals surface area contributed by atoms with Crippen molar-refractivity contribution >= 4 is 11.6 Å². The lowest BCUT2D eigenvalue weighted by Gasteiger charge is -2.40. The normalized spacial score (nSPS) is 26.7. The Morgan fingerprint density at radius 3 is 2.28 bits per heavy atom. The van der Waals surface area contributed by atoms with Gasteiger partial charge in [-0.3, -0.25) is 0 Å². The van der Waals surface area contributed by atoms with Gasteiger partial charge in [-0.2, -0.15) is 0 Å². The van der Waals surface area contributed by atoms with Crippen LogP contribution in [0.5, 0.6) is 5.75 Å². The lowest BCUT2D eigenvalue weighted by molar-refractivity contribution is -0.231. The Morgan fingerprint density at radius 1 is 0.938 bits per heavy atom. The highest BCUT2D eigenvalue weighted by molar-refractivity contribution is 6.31. The van der Waals surface area contributed by atoms with Crippen molar-refractivity contribution in [1.82, 2.24) is 0 Å². The summed E-state index contributed by atoms with van der Waals surface area (Å²) in [6.07, 6.45) is -5.82. The average Bonchev–Trinajstić information content (AvgIpc) is 2.80. The summed E-state index contributed by atoms with van der Waals surface area (Å²) in [7, 11) is 0. The molecule has 1 aliphatic heterocycles. The molecule has 1 fully saturated rings. The van der Waals surface area contributed by atoms with Gasteiger partial charge in [0.2, 0.25) is 0 Å². The SMILES string of the molecule is OCC[C@@H](CO)Oc1ccc(Cc2cc([C@@H]3O[C@H](CO)[C@@H](O)[C@H](O)[C@H]3O)ccc2Cl)cc1. The number of ether oxygens (including phenoxy) is 2. The third-order valence-electron chi connectivity index (χ3n) is 5.57. The molecule has 8 nitrogen and oxygen atoms in total. The first-order valence-electron chi connectivity index (χ1n) is 10.4. The predicted octanol–water partition coefficient (Wildman–Crippen LogP) is 0.568. The van der Waals surface area contributed by atoms with Crippen LogP contribution in [0.15, 0.2) is 42.5 Å². The number of benzene rings is 2. The van der Waals surface area contributed by atoms with Crippen molar-refractivity contribution in [2.24, 2.45) is 0 Å². The van der Waals surface area contributed by atoms with E-state index in [1.54, 1.807) is 30.3 Å². The topological polar surface area (TPSA) is 140 Å². The smallest absolute Gasteiger partial charge is 0.124 e. The third kappa shape index (κ3) is 5.78. The Kier molecular flexibility index (Phi) is 8.87. The minimum absolute atomic E-state index is 0.0768. The third-order valence-corrected chi connectivity index (χ3v) is 5.93. The van der Waals surface area contributed by atoms with E-state index in [0.717, 1.165) is 11.1 Å². The maximum atomic E-state index is 10.4. The Labute approximate surface area is 191 Å². The van der Waals surface area contributed by atoms with Gasteiger partial charge in [0.1, 0.15) is 42.4 Å². The van der Waals surface area contributed by atoms with Crippen molar-refractivity contribution in [1.29, 1.82) is 0 Å². The minimum atomic E-state index is -1.45. The van der Waals surface area contributed by atoms with Gasteiger partial charge in [-0.25, -0.2) is 0 Å². The van der Waals surface area contributed by atoms with Crippen LogP contribution in [0, 0.1) is 0 Å². The molecule has 6 atom stereocenters. The van der Waals surface area contributed by atoms with Gasteiger partial charge in [-0.05, 0) is 41.3 Å². The zero-order valence-corrected chi connectivity index (χ0v) is 18.2. The van der Waals surface area contributed by atoms with Gasteiger partial charge in [0, 0.05) is 18.1 Å². The molecule has 1 aliphatic rings. The van der Waals surface area contributed by atoms with Gasteiger partial charge < -0.3 is 40.1 Å². The highest BCUT2D eigenvalue weighted by Gasteiger charge is 2.44. The molecule has 1 heterocycles. The molecule has 1 saturated heterocycles. The second-order valence-electron chi connectivity index (χ2n) is 7.86. The quantitative estimate of drug-likeness (QED) is 0.314. The molecule has 0 unspecified atom stereocenters. The van der Waals surface area contributed by atoms with Crippen LogP contribution in [0.2, 0.25) is 5.02 Å². The van der Waals surface area contributed by atoms with E-state index in [9.17, 15) is 25.5 Å². The van der Waals surface area contributed by atoms with Crippen molar-refractivity contribution in [3.05, 3.63) is 64.2 Å². The van der Waals surface area contributed by atoms with Crippen molar-refractivity contribution in [3.8, 4) is 5.75 Å². The second kappa shape index (κ2) is 11.4. The molecule has 2 aromatic carbocycles. The molecule has 2 aromatic rings. The number of halogens is 1. The summed E-state index contributed by atoms with van der Waals surface area (Å²) in [4.78, 5) is 0. The number of aliphatic hydroxyl groups excluding tert-OH is 6. The molecule has 6 N–H and O–H groups in total. The largest absolute Gasteiger partial charge is 0.488 e. The van der Waals surface area contributed by atoms with Crippen LogP contribution in [-0.2, 0) is 11.2 Å². The molecule has 9 heteroatoms. The zero-order chi connectivity index (χ0) is 23.3. The van der Waals surface area contributed by atoms with E-state index in [-0.39, 0.29) is 13.2 Å². The minimum Gasteiger partial charge on any atom is -0.488 e. The van der Waals surface area contributed by atoms with Gasteiger partial charge in [0.25, 0.3) is 0 Å². The molecule has 0 radical (unpaired) electrons. The van der Waals surface area contributed by atoms with Crippen LogP contribution >= 0.6 is 11.6 Å². The van der Waals surface area contributed by atoms with E-state index in [2.05, 4.69) is 0 Å². The maximum Gasteiger partial charge on any atom is 0.124 e. The van der Waals surface area contributed by atoms with Gasteiger partial charge >= 0.3 is 0 Å². The molecule has 0 spiro atoms. The fourth-order valence-electron chi connectivity index (χ4n) is 3.71. The van der Waals surface area contributed by atoms with Crippen molar-refractivity contribution in [2.45, 2.75) is 49.5 Å². The summed E-state index contributed by atoms with van der Waals surface area (Å²) in [6.45, 7) is -0.763. The Hall–Kier alpha value is -1.75. The molecule has 0 aromatic heterocycles. The maximum absolute atomic E-state index is 10.4.